The average molecular weight is 394 g/mol. The maximum Gasteiger partial charge on any atom is 0.191 e. The number of likely N-dealkylation sites (tertiary alicyclic amines) is 1. The van der Waals surface area contributed by atoms with Gasteiger partial charge in [-0.15, -0.1) is 0 Å². The molecule has 1 saturated heterocycles. The van der Waals surface area contributed by atoms with Crippen LogP contribution in [-0.4, -0.2) is 48.1 Å². The molecule has 0 bridgehead atoms. The molecule has 2 N–H and O–H groups in total. The topological polar surface area (TPSA) is 52.6 Å². The monoisotopic (exact) mass is 393 g/mol. The predicted molar refractivity (Wildman–Crippen MR) is 121 cm³/mol. The largest absolute Gasteiger partial charge is 0.357 e. The van der Waals surface area contributed by atoms with Crippen LogP contribution < -0.4 is 10.6 Å². The lowest BCUT2D eigenvalue weighted by atomic mass is 10.00. The van der Waals surface area contributed by atoms with E-state index in [1.54, 1.807) is 0 Å². The molecule has 5 heteroatoms. The van der Waals surface area contributed by atoms with Crippen molar-refractivity contribution in [1.82, 2.24) is 20.5 Å². The smallest absolute Gasteiger partial charge is 0.191 e. The third kappa shape index (κ3) is 6.86. The van der Waals surface area contributed by atoms with Crippen molar-refractivity contribution in [3.8, 4) is 0 Å². The second kappa shape index (κ2) is 11.0. The van der Waals surface area contributed by atoms with Gasteiger partial charge in [0, 0.05) is 50.9 Å². The highest BCUT2D eigenvalue weighted by atomic mass is 15.2. The normalized spacial score (nSPS) is 17.1. The summed E-state index contributed by atoms with van der Waals surface area (Å²) in [6, 6.07) is 15.4. The van der Waals surface area contributed by atoms with Gasteiger partial charge in [-0.3, -0.25) is 14.9 Å². The van der Waals surface area contributed by atoms with Crippen molar-refractivity contribution in [2.75, 3.05) is 26.2 Å². The van der Waals surface area contributed by atoms with Crippen molar-refractivity contribution in [1.29, 1.82) is 0 Å². The van der Waals surface area contributed by atoms with Crippen LogP contribution in [0.15, 0.2) is 53.7 Å². The van der Waals surface area contributed by atoms with Crippen molar-refractivity contribution < 1.29 is 0 Å². The number of benzene rings is 1. The summed E-state index contributed by atoms with van der Waals surface area (Å²) in [6.07, 6.45) is 4.13. The minimum Gasteiger partial charge on any atom is -0.357 e. The Bertz CT molecular complexity index is 766. The van der Waals surface area contributed by atoms with Crippen molar-refractivity contribution in [2.24, 2.45) is 4.99 Å². The van der Waals surface area contributed by atoms with Crippen molar-refractivity contribution in [3.63, 3.8) is 0 Å². The first-order chi connectivity index (χ1) is 14.1. The predicted octanol–water partition coefficient (Wildman–Crippen LogP) is 3.71. The molecular weight excluding hydrogens is 358 g/mol. The van der Waals surface area contributed by atoms with Gasteiger partial charge >= 0.3 is 0 Å². The van der Waals surface area contributed by atoms with Gasteiger partial charge in [0.1, 0.15) is 0 Å². The van der Waals surface area contributed by atoms with Crippen LogP contribution in [0.25, 0.3) is 0 Å². The molecule has 1 aliphatic rings. The van der Waals surface area contributed by atoms with Crippen LogP contribution in [0.4, 0.5) is 0 Å². The van der Waals surface area contributed by atoms with Gasteiger partial charge in [-0.1, -0.05) is 42.8 Å². The first kappa shape index (κ1) is 21.3. The zero-order valence-electron chi connectivity index (χ0n) is 18.1. The molecule has 1 aliphatic heterocycles. The molecule has 5 nitrogen and oxygen atoms in total. The lowest BCUT2D eigenvalue weighted by molar-refractivity contribution is 0.196. The molecule has 3 rings (SSSR count). The SMILES string of the molecule is CCNC(=NCC(C)c1cccc(C)c1)NC1CCN(Cc2ccccn2)CC1. The number of aromatic nitrogens is 1. The number of rotatable bonds is 7. The van der Waals surface area contributed by atoms with E-state index in [0.29, 0.717) is 12.0 Å². The molecular formula is C24H35N5. The Morgan fingerprint density at radius 2 is 2.03 bits per heavy atom. The minimum absolute atomic E-state index is 0.408. The van der Waals surface area contributed by atoms with E-state index in [9.17, 15) is 0 Å². The van der Waals surface area contributed by atoms with Gasteiger partial charge in [-0.25, -0.2) is 0 Å². The number of hydrogen-bond acceptors (Lipinski definition) is 3. The van der Waals surface area contributed by atoms with E-state index in [2.05, 4.69) is 77.7 Å². The van der Waals surface area contributed by atoms with Crippen molar-refractivity contribution >= 4 is 5.96 Å². The number of guanidine groups is 1. The van der Waals surface area contributed by atoms with Gasteiger partial charge in [0.2, 0.25) is 0 Å². The highest BCUT2D eigenvalue weighted by molar-refractivity contribution is 5.80. The summed E-state index contributed by atoms with van der Waals surface area (Å²) in [7, 11) is 0. The molecule has 2 heterocycles. The van der Waals surface area contributed by atoms with Gasteiger partial charge in [0.15, 0.2) is 5.96 Å². The summed E-state index contributed by atoms with van der Waals surface area (Å²) in [5.41, 5.74) is 3.81. The zero-order valence-corrected chi connectivity index (χ0v) is 18.1. The van der Waals surface area contributed by atoms with E-state index in [-0.39, 0.29) is 0 Å². The van der Waals surface area contributed by atoms with Crippen molar-refractivity contribution in [3.05, 3.63) is 65.5 Å². The van der Waals surface area contributed by atoms with Crippen LogP contribution in [0, 0.1) is 6.92 Å². The number of pyridine rings is 1. The summed E-state index contributed by atoms with van der Waals surface area (Å²) in [5, 5.41) is 7.07. The van der Waals surface area contributed by atoms with Gasteiger partial charge < -0.3 is 10.6 Å². The lowest BCUT2D eigenvalue weighted by Gasteiger charge is -2.33. The second-order valence-electron chi connectivity index (χ2n) is 8.05. The minimum atomic E-state index is 0.408. The Labute approximate surface area is 175 Å². The molecule has 0 saturated carbocycles. The van der Waals surface area contributed by atoms with E-state index < -0.39 is 0 Å². The molecule has 1 aromatic carbocycles. The van der Waals surface area contributed by atoms with E-state index in [4.69, 9.17) is 4.99 Å². The van der Waals surface area contributed by atoms with Gasteiger partial charge in [-0.2, -0.15) is 0 Å². The standard InChI is InChI=1S/C24H35N5/c1-4-25-24(27-17-20(3)21-9-7-8-19(2)16-21)28-22-11-14-29(15-12-22)18-23-10-5-6-13-26-23/h5-10,13,16,20,22H,4,11-12,14-15,17-18H2,1-3H3,(H2,25,27,28). The highest BCUT2D eigenvalue weighted by Gasteiger charge is 2.20. The third-order valence-corrected chi connectivity index (χ3v) is 5.52. The van der Waals surface area contributed by atoms with Gasteiger partial charge in [0.25, 0.3) is 0 Å². The van der Waals surface area contributed by atoms with Crippen LogP contribution in [-0.2, 0) is 6.54 Å². The molecule has 0 spiro atoms. The number of piperidine rings is 1. The van der Waals surface area contributed by atoms with Crippen LogP contribution in [0.1, 0.15) is 49.4 Å². The first-order valence-electron chi connectivity index (χ1n) is 10.9. The van der Waals surface area contributed by atoms with E-state index >= 15 is 0 Å². The van der Waals surface area contributed by atoms with Gasteiger partial charge in [-0.05, 0) is 44.4 Å². The number of hydrogen-bond donors (Lipinski definition) is 2. The molecule has 1 aromatic heterocycles. The maximum absolute atomic E-state index is 4.87. The molecule has 0 amide bonds. The number of aryl methyl sites for hydroxylation is 1. The number of nitrogens with one attached hydrogen (secondary N) is 2. The molecule has 1 unspecified atom stereocenters. The fourth-order valence-corrected chi connectivity index (χ4v) is 3.78. The summed E-state index contributed by atoms with van der Waals surface area (Å²) in [5.74, 6) is 1.35. The molecule has 1 atom stereocenters. The highest BCUT2D eigenvalue weighted by Crippen LogP contribution is 2.17. The van der Waals surface area contributed by atoms with E-state index in [1.165, 1.54) is 11.1 Å². The Morgan fingerprint density at radius 3 is 2.72 bits per heavy atom. The Morgan fingerprint density at radius 1 is 1.21 bits per heavy atom. The summed E-state index contributed by atoms with van der Waals surface area (Å²) in [6.45, 7) is 11.3. The lowest BCUT2D eigenvalue weighted by Crippen LogP contribution is -2.48. The fraction of sp³-hybridized carbons (Fsp3) is 0.500. The third-order valence-electron chi connectivity index (χ3n) is 5.52. The van der Waals surface area contributed by atoms with Crippen LogP contribution in [0.5, 0.6) is 0 Å². The van der Waals surface area contributed by atoms with Crippen molar-refractivity contribution in [2.45, 2.75) is 52.1 Å². The van der Waals surface area contributed by atoms with Crippen LogP contribution in [0.3, 0.4) is 0 Å². The summed E-state index contributed by atoms with van der Waals surface area (Å²) < 4.78 is 0. The first-order valence-corrected chi connectivity index (χ1v) is 10.9. The Balaban J connectivity index is 1.49. The zero-order chi connectivity index (χ0) is 20.5. The molecule has 0 radical (unpaired) electrons. The summed E-state index contributed by atoms with van der Waals surface area (Å²) >= 11 is 0. The molecule has 156 valence electrons. The molecule has 0 aliphatic carbocycles. The van der Waals surface area contributed by atoms with Gasteiger partial charge in [0.05, 0.1) is 5.69 Å². The van der Waals surface area contributed by atoms with Crippen LogP contribution in [0.2, 0.25) is 0 Å². The molecule has 2 aromatic rings. The van der Waals surface area contributed by atoms with E-state index in [1.807, 2.05) is 12.3 Å². The summed E-state index contributed by atoms with van der Waals surface area (Å²) in [4.78, 5) is 11.8. The maximum atomic E-state index is 4.87. The van der Waals surface area contributed by atoms with E-state index in [0.717, 1.165) is 57.2 Å². The number of nitrogens with zero attached hydrogens (tertiary/aromatic N) is 3. The van der Waals surface area contributed by atoms with Crippen LogP contribution >= 0.6 is 0 Å². The number of aliphatic imine (C=N–C) groups is 1. The molecule has 29 heavy (non-hydrogen) atoms. The Kier molecular flexibility index (Phi) is 8.05. The Hall–Kier alpha value is -2.40. The average Bonchev–Trinajstić information content (AvgIpc) is 2.74. The quantitative estimate of drug-likeness (QED) is 0.556. The fourth-order valence-electron chi connectivity index (χ4n) is 3.78. The second-order valence-corrected chi connectivity index (χ2v) is 8.05. The molecule has 1 fully saturated rings.